The number of alkyl halides is 2. The van der Waals surface area contributed by atoms with Crippen molar-refractivity contribution in [3.05, 3.63) is 16.1 Å². The number of halogens is 2. The first-order valence-electron chi connectivity index (χ1n) is 5.97. The first-order valence-corrected chi connectivity index (χ1v) is 6.85. The van der Waals surface area contributed by atoms with Crippen LogP contribution in [0, 0.1) is 0 Å². The van der Waals surface area contributed by atoms with Gasteiger partial charge in [-0.15, -0.1) is 11.3 Å². The Morgan fingerprint density at radius 1 is 1.50 bits per heavy atom. The number of nitrogens with zero attached hydrogens (tertiary/aromatic N) is 2. The quantitative estimate of drug-likeness (QED) is 0.876. The minimum absolute atomic E-state index is 0.151. The Morgan fingerprint density at radius 2 is 2.17 bits per heavy atom. The first kappa shape index (κ1) is 13.8. The van der Waals surface area contributed by atoms with Crippen molar-refractivity contribution in [2.75, 3.05) is 19.6 Å². The molecule has 2 heterocycles. The van der Waals surface area contributed by atoms with E-state index >= 15 is 0 Å². The highest BCUT2D eigenvalue weighted by Crippen LogP contribution is 2.33. The Labute approximate surface area is 108 Å². The third-order valence-corrected chi connectivity index (χ3v) is 4.24. The molecule has 1 aromatic rings. The molecule has 1 unspecified atom stereocenters. The largest absolute Gasteiger partial charge is 0.393 e. The number of nitrogens with two attached hydrogens (primary N) is 1. The van der Waals surface area contributed by atoms with E-state index in [4.69, 9.17) is 5.73 Å². The van der Waals surface area contributed by atoms with Gasteiger partial charge in [-0.25, -0.2) is 13.8 Å². The first-order chi connectivity index (χ1) is 8.63. The number of rotatable bonds is 4. The fourth-order valence-corrected chi connectivity index (χ4v) is 3.24. The lowest BCUT2D eigenvalue weighted by Gasteiger charge is -2.35. The van der Waals surface area contributed by atoms with E-state index in [-0.39, 0.29) is 24.4 Å². The maximum absolute atomic E-state index is 12.8. The Hall–Kier alpha value is -0.630. The van der Waals surface area contributed by atoms with Crippen LogP contribution in [0.1, 0.15) is 35.9 Å². The van der Waals surface area contributed by atoms with E-state index in [1.165, 1.54) is 16.8 Å². The van der Waals surface area contributed by atoms with Crippen LogP contribution < -0.4 is 5.73 Å². The van der Waals surface area contributed by atoms with Gasteiger partial charge < -0.3 is 10.8 Å². The fraction of sp³-hybridized carbons (Fsp3) is 0.727. The van der Waals surface area contributed by atoms with E-state index < -0.39 is 6.43 Å². The van der Waals surface area contributed by atoms with E-state index in [1.807, 2.05) is 0 Å². The fourth-order valence-electron chi connectivity index (χ4n) is 2.30. The summed E-state index contributed by atoms with van der Waals surface area (Å²) in [6, 6.07) is -0.214. The van der Waals surface area contributed by atoms with Crippen LogP contribution in [0.2, 0.25) is 0 Å². The molecule has 0 bridgehead atoms. The molecule has 1 aliphatic rings. The third-order valence-electron chi connectivity index (χ3n) is 3.30. The van der Waals surface area contributed by atoms with Gasteiger partial charge >= 0.3 is 0 Å². The summed E-state index contributed by atoms with van der Waals surface area (Å²) in [4.78, 5) is 6.35. The van der Waals surface area contributed by atoms with E-state index in [0.717, 1.165) is 0 Å². The Kier molecular flexibility index (Phi) is 4.60. The maximum atomic E-state index is 12.8. The van der Waals surface area contributed by atoms with Crippen LogP contribution in [0.3, 0.4) is 0 Å². The van der Waals surface area contributed by atoms with Crippen LogP contribution in [0.5, 0.6) is 0 Å². The second kappa shape index (κ2) is 6.01. The summed E-state index contributed by atoms with van der Waals surface area (Å²) in [7, 11) is 0. The van der Waals surface area contributed by atoms with Gasteiger partial charge in [0.2, 0.25) is 0 Å². The summed E-state index contributed by atoms with van der Waals surface area (Å²) >= 11 is 1.23. The Bertz CT molecular complexity index is 380. The van der Waals surface area contributed by atoms with Crippen molar-refractivity contribution in [1.82, 2.24) is 9.88 Å². The molecule has 3 N–H and O–H groups in total. The zero-order chi connectivity index (χ0) is 13.1. The summed E-state index contributed by atoms with van der Waals surface area (Å²) in [5, 5.41) is 9.47. The van der Waals surface area contributed by atoms with Crippen LogP contribution in [0.4, 0.5) is 8.78 Å². The molecule has 0 amide bonds. The van der Waals surface area contributed by atoms with Crippen molar-refractivity contribution >= 4 is 11.3 Å². The molecule has 7 heteroatoms. The molecule has 1 saturated heterocycles. The van der Waals surface area contributed by atoms with Gasteiger partial charge in [-0.3, -0.25) is 4.90 Å². The smallest absolute Gasteiger partial charge is 0.281 e. The van der Waals surface area contributed by atoms with Crippen molar-refractivity contribution in [2.24, 2.45) is 5.73 Å². The predicted octanol–water partition coefficient (Wildman–Crippen LogP) is 1.54. The van der Waals surface area contributed by atoms with Crippen LogP contribution in [-0.4, -0.2) is 40.7 Å². The van der Waals surface area contributed by atoms with Crippen molar-refractivity contribution < 1.29 is 13.9 Å². The monoisotopic (exact) mass is 277 g/mol. The Balaban J connectivity index is 2.15. The molecule has 0 aromatic carbocycles. The second-order valence-electron chi connectivity index (χ2n) is 4.42. The number of aliphatic hydroxyl groups excluding tert-OH is 1. The molecule has 4 nitrogen and oxygen atoms in total. The molecular formula is C11H17F2N3OS. The lowest BCUT2D eigenvalue weighted by molar-refractivity contribution is 0.0613. The van der Waals surface area contributed by atoms with Crippen molar-refractivity contribution in [1.29, 1.82) is 0 Å². The summed E-state index contributed by atoms with van der Waals surface area (Å²) in [6.07, 6.45) is -1.51. The number of aromatic nitrogens is 1. The van der Waals surface area contributed by atoms with Gasteiger partial charge in [0.25, 0.3) is 6.43 Å². The van der Waals surface area contributed by atoms with Crippen molar-refractivity contribution in [3.63, 3.8) is 0 Å². The summed E-state index contributed by atoms with van der Waals surface area (Å²) in [6.45, 7) is 1.66. The lowest BCUT2D eigenvalue weighted by Crippen LogP contribution is -2.41. The maximum Gasteiger partial charge on any atom is 0.281 e. The molecule has 1 atom stereocenters. The third kappa shape index (κ3) is 2.85. The number of aliphatic hydroxyl groups is 1. The molecular weight excluding hydrogens is 260 g/mol. The normalized spacial score (nSPS) is 20.5. The van der Waals surface area contributed by atoms with Crippen molar-refractivity contribution in [3.8, 4) is 0 Å². The summed E-state index contributed by atoms with van der Waals surface area (Å²) < 4.78 is 25.7. The second-order valence-corrected chi connectivity index (χ2v) is 5.31. The summed E-state index contributed by atoms with van der Waals surface area (Å²) in [5.41, 5.74) is 7.02. The van der Waals surface area contributed by atoms with Crippen LogP contribution in [0.25, 0.3) is 0 Å². The number of piperidine rings is 1. The standard InChI is InChI=1S/C11H17F2N3OS/c12-11(13)9-10(18-6-15-9)8(5-14)16-3-1-7(17)2-4-16/h6-8,11,17H,1-5,14H2. The summed E-state index contributed by atoms with van der Waals surface area (Å²) in [5.74, 6) is 0. The molecule has 0 saturated carbocycles. The highest BCUT2D eigenvalue weighted by Gasteiger charge is 2.29. The van der Waals surface area contributed by atoms with Crippen molar-refractivity contribution in [2.45, 2.75) is 31.4 Å². The number of hydrogen-bond acceptors (Lipinski definition) is 5. The highest BCUT2D eigenvalue weighted by molar-refractivity contribution is 7.09. The number of thiazole rings is 1. The molecule has 1 fully saturated rings. The van der Waals surface area contributed by atoms with Gasteiger partial charge in [0.1, 0.15) is 5.69 Å². The molecule has 102 valence electrons. The molecule has 18 heavy (non-hydrogen) atoms. The minimum Gasteiger partial charge on any atom is -0.393 e. The van der Waals surface area contributed by atoms with E-state index in [1.54, 1.807) is 0 Å². The van der Waals surface area contributed by atoms with E-state index in [2.05, 4.69) is 9.88 Å². The number of likely N-dealkylation sites (tertiary alicyclic amines) is 1. The topological polar surface area (TPSA) is 62.4 Å². The van der Waals surface area contributed by atoms with Gasteiger partial charge in [0.05, 0.1) is 22.5 Å². The average molecular weight is 277 g/mol. The molecule has 0 radical (unpaired) electrons. The molecule has 0 spiro atoms. The van der Waals surface area contributed by atoms with Gasteiger partial charge in [0, 0.05) is 19.6 Å². The zero-order valence-electron chi connectivity index (χ0n) is 9.93. The van der Waals surface area contributed by atoms with Gasteiger partial charge in [0.15, 0.2) is 0 Å². The van der Waals surface area contributed by atoms with Gasteiger partial charge in [-0.1, -0.05) is 0 Å². The lowest BCUT2D eigenvalue weighted by atomic mass is 10.0. The Morgan fingerprint density at radius 3 is 2.72 bits per heavy atom. The number of hydrogen-bond donors (Lipinski definition) is 2. The van der Waals surface area contributed by atoms with E-state index in [0.29, 0.717) is 30.8 Å². The van der Waals surface area contributed by atoms with Crippen LogP contribution >= 0.6 is 11.3 Å². The molecule has 1 aliphatic heterocycles. The van der Waals surface area contributed by atoms with Gasteiger partial charge in [-0.05, 0) is 12.8 Å². The molecule has 1 aromatic heterocycles. The van der Waals surface area contributed by atoms with E-state index in [9.17, 15) is 13.9 Å². The highest BCUT2D eigenvalue weighted by atomic mass is 32.1. The predicted molar refractivity (Wildman–Crippen MR) is 65.7 cm³/mol. The molecule has 0 aliphatic carbocycles. The zero-order valence-corrected chi connectivity index (χ0v) is 10.7. The average Bonchev–Trinajstić information content (AvgIpc) is 2.82. The SMILES string of the molecule is NCC(c1scnc1C(F)F)N1CCC(O)CC1. The van der Waals surface area contributed by atoms with Gasteiger partial charge in [-0.2, -0.15) is 0 Å². The minimum atomic E-state index is -2.56. The molecule has 2 rings (SSSR count). The van der Waals surface area contributed by atoms with Crippen LogP contribution in [0.15, 0.2) is 5.51 Å². The van der Waals surface area contributed by atoms with Crippen LogP contribution in [-0.2, 0) is 0 Å².